The first-order chi connectivity index (χ1) is 8.81. The first-order valence-electron chi connectivity index (χ1n) is 6.09. The normalized spacial score (nSPS) is 24.3. The van der Waals surface area contributed by atoms with Gasteiger partial charge in [0.25, 0.3) is 0 Å². The Morgan fingerprint density at radius 2 is 2.17 bits per heavy atom. The minimum atomic E-state index is -0.385. The van der Waals surface area contributed by atoms with Crippen LogP contribution in [-0.2, 0) is 0 Å². The molecule has 2 aromatic heterocycles. The second-order valence-electron chi connectivity index (χ2n) is 4.51. The molecule has 0 radical (unpaired) electrons. The third kappa shape index (κ3) is 1.71. The summed E-state index contributed by atoms with van der Waals surface area (Å²) >= 11 is 0. The summed E-state index contributed by atoms with van der Waals surface area (Å²) in [6.45, 7) is 0. The molecule has 0 spiro atoms. The highest BCUT2D eigenvalue weighted by molar-refractivity contribution is 5.74. The second-order valence-corrected chi connectivity index (χ2v) is 4.51. The highest BCUT2D eigenvalue weighted by atomic mass is 16.5. The molecule has 2 heterocycles. The van der Waals surface area contributed by atoms with Crippen LogP contribution in [0, 0.1) is 0 Å². The summed E-state index contributed by atoms with van der Waals surface area (Å²) in [4.78, 5) is 8.19. The Balaban J connectivity index is 2.07. The first kappa shape index (κ1) is 11.3. The van der Waals surface area contributed by atoms with Gasteiger partial charge in [-0.25, -0.2) is 9.67 Å². The Kier molecular flexibility index (Phi) is 2.83. The van der Waals surface area contributed by atoms with E-state index in [1.54, 1.807) is 4.68 Å². The van der Waals surface area contributed by atoms with Crippen LogP contribution in [0.3, 0.4) is 0 Å². The molecule has 0 aliphatic heterocycles. The monoisotopic (exact) mass is 249 g/mol. The quantitative estimate of drug-likeness (QED) is 0.843. The minimum absolute atomic E-state index is 0.0524. The van der Waals surface area contributed by atoms with E-state index in [0.717, 1.165) is 25.7 Å². The van der Waals surface area contributed by atoms with Crippen molar-refractivity contribution in [1.82, 2.24) is 25.0 Å². The largest absolute Gasteiger partial charge is 0.479 e. The summed E-state index contributed by atoms with van der Waals surface area (Å²) in [6, 6.07) is -0.0524. The minimum Gasteiger partial charge on any atom is -0.479 e. The van der Waals surface area contributed by atoms with E-state index in [9.17, 15) is 5.11 Å². The Hall–Kier alpha value is -1.76. The van der Waals surface area contributed by atoms with Gasteiger partial charge in [0, 0.05) is 0 Å². The maximum Gasteiger partial charge on any atom is 0.247 e. The summed E-state index contributed by atoms with van der Waals surface area (Å²) in [7, 11) is 1.54. The van der Waals surface area contributed by atoms with Gasteiger partial charge in [-0.2, -0.15) is 4.98 Å². The van der Waals surface area contributed by atoms with Crippen molar-refractivity contribution in [2.75, 3.05) is 7.11 Å². The summed E-state index contributed by atoms with van der Waals surface area (Å²) < 4.78 is 6.82. The fourth-order valence-electron chi connectivity index (χ4n) is 2.49. The number of aliphatic hydroxyl groups is 1. The predicted molar refractivity (Wildman–Crippen MR) is 63.2 cm³/mol. The Morgan fingerprint density at radius 3 is 2.94 bits per heavy atom. The number of ether oxygens (including phenoxy) is 1. The molecule has 0 saturated heterocycles. The molecule has 1 saturated carbocycles. The molecule has 96 valence electrons. The molecular formula is C11H15N5O2. The summed E-state index contributed by atoms with van der Waals surface area (Å²) in [5.74, 6) is 0.413. The van der Waals surface area contributed by atoms with Crippen LogP contribution in [0.4, 0.5) is 0 Å². The maximum absolute atomic E-state index is 10.1. The smallest absolute Gasteiger partial charge is 0.247 e. The van der Waals surface area contributed by atoms with Crippen LogP contribution >= 0.6 is 0 Å². The van der Waals surface area contributed by atoms with Gasteiger partial charge in [-0.1, -0.05) is 18.1 Å². The zero-order chi connectivity index (χ0) is 12.5. The first-order valence-corrected chi connectivity index (χ1v) is 6.09. The second kappa shape index (κ2) is 4.49. The van der Waals surface area contributed by atoms with Gasteiger partial charge in [-0.3, -0.25) is 0 Å². The average molecular weight is 249 g/mol. The molecule has 3 rings (SSSR count). The number of aromatic nitrogens is 5. The lowest BCUT2D eigenvalue weighted by molar-refractivity contribution is 0.0703. The van der Waals surface area contributed by atoms with Crippen molar-refractivity contribution in [2.24, 2.45) is 0 Å². The van der Waals surface area contributed by atoms with Crippen molar-refractivity contribution in [3.63, 3.8) is 0 Å². The fraction of sp³-hybridized carbons (Fsp3) is 0.636. The van der Waals surface area contributed by atoms with Gasteiger partial charge in [0.2, 0.25) is 5.88 Å². The molecule has 18 heavy (non-hydrogen) atoms. The van der Waals surface area contributed by atoms with Gasteiger partial charge in [-0.05, 0) is 12.8 Å². The Labute approximate surface area is 104 Å². The van der Waals surface area contributed by atoms with Gasteiger partial charge < -0.3 is 9.84 Å². The molecule has 1 N–H and O–H groups in total. The van der Waals surface area contributed by atoms with Crippen molar-refractivity contribution in [2.45, 2.75) is 37.8 Å². The summed E-state index contributed by atoms with van der Waals surface area (Å²) in [6.07, 6.45) is 4.88. The molecule has 7 nitrogen and oxygen atoms in total. The third-order valence-electron chi connectivity index (χ3n) is 3.43. The lowest BCUT2D eigenvalue weighted by Crippen LogP contribution is -2.28. The number of hydrogen-bond donors (Lipinski definition) is 1. The van der Waals surface area contributed by atoms with E-state index < -0.39 is 0 Å². The van der Waals surface area contributed by atoms with Crippen molar-refractivity contribution >= 4 is 11.2 Å². The van der Waals surface area contributed by atoms with Gasteiger partial charge in [0.1, 0.15) is 6.33 Å². The zero-order valence-corrected chi connectivity index (χ0v) is 10.2. The van der Waals surface area contributed by atoms with Crippen molar-refractivity contribution < 1.29 is 9.84 Å². The number of hydrogen-bond acceptors (Lipinski definition) is 6. The van der Waals surface area contributed by atoms with Gasteiger partial charge in [0.15, 0.2) is 11.2 Å². The lowest BCUT2D eigenvalue weighted by atomic mass is 9.93. The molecule has 0 aromatic carbocycles. The van der Waals surface area contributed by atoms with Crippen molar-refractivity contribution in [3.05, 3.63) is 6.33 Å². The molecule has 0 bridgehead atoms. The molecule has 0 amide bonds. The molecule has 1 aliphatic carbocycles. The Morgan fingerprint density at radius 1 is 1.33 bits per heavy atom. The number of rotatable bonds is 2. The molecule has 1 fully saturated rings. The van der Waals surface area contributed by atoms with Crippen LogP contribution in [0.2, 0.25) is 0 Å². The molecule has 7 heteroatoms. The van der Waals surface area contributed by atoms with E-state index >= 15 is 0 Å². The topological polar surface area (TPSA) is 86.0 Å². The molecular weight excluding hydrogens is 234 g/mol. The zero-order valence-electron chi connectivity index (χ0n) is 10.2. The molecule has 0 unspecified atom stereocenters. The van der Waals surface area contributed by atoms with Crippen LogP contribution in [0.1, 0.15) is 31.7 Å². The van der Waals surface area contributed by atoms with Crippen molar-refractivity contribution in [1.29, 1.82) is 0 Å². The van der Waals surface area contributed by atoms with E-state index in [1.165, 1.54) is 13.4 Å². The van der Waals surface area contributed by atoms with E-state index in [2.05, 4.69) is 20.3 Å². The van der Waals surface area contributed by atoms with E-state index in [0.29, 0.717) is 17.0 Å². The van der Waals surface area contributed by atoms with Crippen LogP contribution in [-0.4, -0.2) is 43.3 Å². The highest BCUT2D eigenvalue weighted by Crippen LogP contribution is 2.30. The molecule has 2 atom stereocenters. The fourth-order valence-corrected chi connectivity index (χ4v) is 2.49. The number of aliphatic hydroxyl groups excluding tert-OH is 1. The predicted octanol–water partition coefficient (Wildman–Crippen LogP) is 0.706. The molecule has 2 aromatic rings. The SMILES string of the molecule is COc1ncnc2c1nnn2[C@H]1CCCC[C@H]1O. The number of methoxy groups -OCH3 is 1. The molecule has 1 aliphatic rings. The van der Waals surface area contributed by atoms with Crippen LogP contribution in [0.5, 0.6) is 5.88 Å². The number of fused-ring (bicyclic) bond motifs is 1. The highest BCUT2D eigenvalue weighted by Gasteiger charge is 2.28. The Bertz CT molecular complexity index is 555. The van der Waals surface area contributed by atoms with Crippen molar-refractivity contribution in [3.8, 4) is 5.88 Å². The average Bonchev–Trinajstić information content (AvgIpc) is 2.83. The number of nitrogens with zero attached hydrogens (tertiary/aromatic N) is 5. The summed E-state index contributed by atoms with van der Waals surface area (Å²) in [5.41, 5.74) is 1.16. The van der Waals surface area contributed by atoms with Gasteiger partial charge >= 0.3 is 0 Å². The van der Waals surface area contributed by atoms with Crippen LogP contribution < -0.4 is 4.74 Å². The third-order valence-corrected chi connectivity index (χ3v) is 3.43. The van der Waals surface area contributed by atoms with Crippen LogP contribution in [0.15, 0.2) is 6.33 Å². The van der Waals surface area contributed by atoms with E-state index in [-0.39, 0.29) is 12.1 Å². The van der Waals surface area contributed by atoms with Crippen LogP contribution in [0.25, 0.3) is 11.2 Å². The lowest BCUT2D eigenvalue weighted by Gasteiger charge is -2.27. The summed E-state index contributed by atoms with van der Waals surface area (Å²) in [5, 5.41) is 18.2. The van der Waals surface area contributed by atoms with Gasteiger partial charge in [0.05, 0.1) is 19.3 Å². The standard InChI is InChI=1S/C11H15N5O2/c1-18-11-9-10(12-6-13-11)16(15-14-9)7-4-2-3-5-8(7)17/h6-8,17H,2-5H2,1H3/t7-,8+/m0/s1. The van der Waals surface area contributed by atoms with E-state index in [4.69, 9.17) is 4.74 Å². The maximum atomic E-state index is 10.1. The van der Waals surface area contributed by atoms with Gasteiger partial charge in [-0.15, -0.1) is 5.10 Å². The van der Waals surface area contributed by atoms with E-state index in [1.807, 2.05) is 0 Å².